The highest BCUT2D eigenvalue weighted by atomic mass is 19.1. The number of phenolic OH excluding ortho intramolecular Hbond substituents is 1. The van der Waals surface area contributed by atoms with Gasteiger partial charge in [0.2, 0.25) is 0 Å². The minimum absolute atomic E-state index is 0.172. The van der Waals surface area contributed by atoms with Crippen LogP contribution in [0, 0.1) is 5.82 Å². The Morgan fingerprint density at radius 3 is 2.73 bits per heavy atom. The van der Waals surface area contributed by atoms with Crippen molar-refractivity contribution in [2.75, 3.05) is 19.6 Å². The summed E-state index contributed by atoms with van der Waals surface area (Å²) in [6.45, 7) is 4.71. The number of fused-ring (bicyclic) bond motifs is 1. The molecule has 0 saturated heterocycles. The molecular weight excluding hydrogens is 469 g/mol. The molecule has 0 radical (unpaired) electrons. The predicted octanol–water partition coefficient (Wildman–Crippen LogP) is 5.42. The summed E-state index contributed by atoms with van der Waals surface area (Å²) < 4.78 is 15.6. The lowest BCUT2D eigenvalue weighted by atomic mass is 9.78. The van der Waals surface area contributed by atoms with Gasteiger partial charge in [-0.15, -0.1) is 0 Å². The molecule has 4 N–H and O–H groups in total. The Kier molecular flexibility index (Phi) is 6.09. The minimum atomic E-state index is -0.433. The average Bonchev–Trinajstić information content (AvgIpc) is 3.55. The van der Waals surface area contributed by atoms with E-state index >= 15 is 4.39 Å². The number of nitrogens with one attached hydrogen (secondary N) is 2. The number of imidazole rings is 1. The topological polar surface area (TPSA) is 101 Å². The second-order valence-electron chi connectivity index (χ2n) is 10.4. The Hall–Kier alpha value is -3.49. The van der Waals surface area contributed by atoms with Crippen LogP contribution >= 0.6 is 0 Å². The van der Waals surface area contributed by atoms with Gasteiger partial charge in [0.25, 0.3) is 0 Å². The molecule has 1 aliphatic carbocycles. The van der Waals surface area contributed by atoms with Crippen LogP contribution in [0.3, 0.4) is 0 Å². The van der Waals surface area contributed by atoms with Crippen molar-refractivity contribution < 1.29 is 14.6 Å². The monoisotopic (exact) mass is 501 g/mol. The number of aromatic hydroxyl groups is 1. The van der Waals surface area contributed by atoms with Crippen molar-refractivity contribution in [3.05, 3.63) is 59.7 Å². The molecule has 2 aromatic carbocycles. The number of hydrogen-bond acceptors (Lipinski definition) is 5. The summed E-state index contributed by atoms with van der Waals surface area (Å²) in [6, 6.07) is 8.64. The van der Waals surface area contributed by atoms with Gasteiger partial charge in [0.1, 0.15) is 17.0 Å². The van der Waals surface area contributed by atoms with Gasteiger partial charge < -0.3 is 15.2 Å². The molecule has 1 aliphatic heterocycles. The first-order valence-electron chi connectivity index (χ1n) is 13.1. The average molecular weight is 502 g/mol. The summed E-state index contributed by atoms with van der Waals surface area (Å²) in [6.07, 6.45) is 9.50. The number of phenols is 1. The Morgan fingerprint density at radius 1 is 1.16 bits per heavy atom. The van der Waals surface area contributed by atoms with Crippen molar-refractivity contribution in [3.8, 4) is 28.4 Å². The third-order valence-electron chi connectivity index (χ3n) is 8.05. The second kappa shape index (κ2) is 9.43. The van der Waals surface area contributed by atoms with Gasteiger partial charge in [-0.1, -0.05) is 25.1 Å². The number of nitrogens with zero attached hydrogens (tertiary/aromatic N) is 3. The molecule has 192 valence electrons. The molecule has 0 unspecified atom stereocenters. The minimum Gasteiger partial charge on any atom is -0.508 e. The molecule has 3 heterocycles. The SMILES string of the molecule is CCc1cc(O)ccc1-c1ccc2c(-c3ncc(C4=CCN(CCC5(O)CCC5)CC4)[nH]3)[nH]nc2c1F. The molecule has 4 aromatic rings. The quantitative estimate of drug-likeness (QED) is 0.271. The van der Waals surface area contributed by atoms with Crippen LogP contribution in [0.5, 0.6) is 5.75 Å². The van der Waals surface area contributed by atoms with Gasteiger partial charge in [-0.2, -0.15) is 5.10 Å². The summed E-state index contributed by atoms with van der Waals surface area (Å²) in [5.41, 5.74) is 4.76. The van der Waals surface area contributed by atoms with Crippen LogP contribution in [0.4, 0.5) is 4.39 Å². The number of benzene rings is 2. The van der Waals surface area contributed by atoms with Gasteiger partial charge in [0, 0.05) is 30.6 Å². The van der Waals surface area contributed by atoms with Gasteiger partial charge in [-0.3, -0.25) is 10.00 Å². The van der Waals surface area contributed by atoms with E-state index in [1.54, 1.807) is 24.3 Å². The zero-order valence-electron chi connectivity index (χ0n) is 21.0. The maximum absolute atomic E-state index is 15.6. The van der Waals surface area contributed by atoms with Crippen LogP contribution in [-0.4, -0.2) is 60.5 Å². The van der Waals surface area contributed by atoms with Crippen LogP contribution in [0.25, 0.3) is 39.1 Å². The number of halogens is 1. The summed E-state index contributed by atoms with van der Waals surface area (Å²) in [5.74, 6) is 0.402. The summed E-state index contributed by atoms with van der Waals surface area (Å²) in [7, 11) is 0. The van der Waals surface area contributed by atoms with Crippen molar-refractivity contribution in [1.29, 1.82) is 0 Å². The highest BCUT2D eigenvalue weighted by Gasteiger charge is 2.34. The van der Waals surface area contributed by atoms with Crippen molar-refractivity contribution in [3.63, 3.8) is 0 Å². The highest BCUT2D eigenvalue weighted by molar-refractivity contribution is 5.94. The van der Waals surface area contributed by atoms with E-state index in [1.807, 2.05) is 19.2 Å². The number of aromatic nitrogens is 4. The highest BCUT2D eigenvalue weighted by Crippen LogP contribution is 2.36. The van der Waals surface area contributed by atoms with Gasteiger partial charge in [0.15, 0.2) is 11.6 Å². The van der Waals surface area contributed by atoms with Crippen LogP contribution in [-0.2, 0) is 6.42 Å². The van der Waals surface area contributed by atoms with E-state index in [1.165, 1.54) is 5.57 Å². The smallest absolute Gasteiger partial charge is 0.159 e. The third-order valence-corrected chi connectivity index (χ3v) is 8.05. The van der Waals surface area contributed by atoms with E-state index < -0.39 is 11.4 Å². The molecule has 0 amide bonds. The van der Waals surface area contributed by atoms with E-state index in [2.05, 4.69) is 31.1 Å². The fourth-order valence-electron chi connectivity index (χ4n) is 5.54. The van der Waals surface area contributed by atoms with Crippen LogP contribution < -0.4 is 0 Å². The van der Waals surface area contributed by atoms with Gasteiger partial charge in [-0.05, 0) is 73.4 Å². The Balaban J connectivity index is 1.22. The van der Waals surface area contributed by atoms with Gasteiger partial charge in [-0.25, -0.2) is 9.37 Å². The Morgan fingerprint density at radius 2 is 2.00 bits per heavy atom. The fraction of sp³-hybridized carbons (Fsp3) is 0.379. The summed E-state index contributed by atoms with van der Waals surface area (Å²) in [4.78, 5) is 10.4. The van der Waals surface area contributed by atoms with Gasteiger partial charge >= 0.3 is 0 Å². The summed E-state index contributed by atoms with van der Waals surface area (Å²) in [5, 5.41) is 28.1. The maximum Gasteiger partial charge on any atom is 0.159 e. The van der Waals surface area contributed by atoms with E-state index in [0.717, 1.165) is 68.6 Å². The zero-order valence-corrected chi connectivity index (χ0v) is 21.0. The van der Waals surface area contributed by atoms with Crippen LogP contribution in [0.2, 0.25) is 0 Å². The molecule has 0 atom stereocenters. The van der Waals surface area contributed by atoms with E-state index in [4.69, 9.17) is 0 Å². The van der Waals surface area contributed by atoms with E-state index in [9.17, 15) is 10.2 Å². The lowest BCUT2D eigenvalue weighted by Crippen LogP contribution is -2.41. The molecule has 2 aliphatic rings. The molecule has 0 bridgehead atoms. The van der Waals surface area contributed by atoms with Crippen molar-refractivity contribution in [1.82, 2.24) is 25.1 Å². The van der Waals surface area contributed by atoms with Gasteiger partial charge in [0.05, 0.1) is 17.5 Å². The van der Waals surface area contributed by atoms with Crippen molar-refractivity contribution in [2.24, 2.45) is 0 Å². The number of aromatic amines is 2. The Bertz CT molecular complexity index is 1480. The van der Waals surface area contributed by atoms with Crippen LogP contribution in [0.1, 0.15) is 50.3 Å². The van der Waals surface area contributed by atoms with Crippen LogP contribution in [0.15, 0.2) is 42.6 Å². The second-order valence-corrected chi connectivity index (χ2v) is 10.4. The molecule has 1 fully saturated rings. The number of hydrogen-bond donors (Lipinski definition) is 4. The molecule has 37 heavy (non-hydrogen) atoms. The first-order valence-corrected chi connectivity index (χ1v) is 13.1. The third kappa shape index (κ3) is 4.45. The fourth-order valence-corrected chi connectivity index (χ4v) is 5.54. The number of aliphatic hydroxyl groups is 1. The number of H-pyrrole nitrogens is 2. The molecule has 6 rings (SSSR count). The normalized spacial score (nSPS) is 17.6. The molecule has 2 aromatic heterocycles. The Labute approximate surface area is 215 Å². The molecule has 1 saturated carbocycles. The maximum atomic E-state index is 15.6. The van der Waals surface area contributed by atoms with Crippen molar-refractivity contribution >= 4 is 16.5 Å². The summed E-state index contributed by atoms with van der Waals surface area (Å²) >= 11 is 0. The van der Waals surface area contributed by atoms with E-state index in [-0.39, 0.29) is 11.3 Å². The lowest BCUT2D eigenvalue weighted by molar-refractivity contribution is -0.0458. The zero-order chi connectivity index (χ0) is 25.6. The molecule has 8 heteroatoms. The predicted molar refractivity (Wildman–Crippen MR) is 143 cm³/mol. The first kappa shape index (κ1) is 23.9. The molecule has 0 spiro atoms. The molecule has 7 nitrogen and oxygen atoms in total. The number of rotatable bonds is 7. The first-order chi connectivity index (χ1) is 17.9. The number of aryl methyl sites for hydroxylation is 1. The standard InChI is InChI=1S/C29H32FN5O2/c1-2-18-16-20(36)4-5-21(18)22-6-7-23-26(25(22)30)33-34-27(23)28-31-17-24(32-28)19-8-13-35(14-9-19)15-12-29(37)10-3-11-29/h4-8,16-17,36-37H,2-3,9-15H2,1H3,(H,31,32)(H,33,34). The van der Waals surface area contributed by atoms with Crippen molar-refractivity contribution in [2.45, 2.75) is 51.0 Å². The molecular formula is C29H32FN5O2. The van der Waals surface area contributed by atoms with E-state index in [0.29, 0.717) is 28.9 Å². The largest absolute Gasteiger partial charge is 0.508 e. The lowest BCUT2D eigenvalue weighted by Gasteiger charge is -2.38.